The highest BCUT2D eigenvalue weighted by molar-refractivity contribution is 5.33. The van der Waals surface area contributed by atoms with Crippen LogP contribution in [-0.2, 0) is 0 Å². The molecule has 0 aromatic carbocycles. The van der Waals surface area contributed by atoms with Crippen molar-refractivity contribution in [3.8, 4) is 0 Å². The fourth-order valence-corrected chi connectivity index (χ4v) is 3.22. The molecule has 3 atom stereocenters. The topological polar surface area (TPSA) is 20.2 Å². The Morgan fingerprint density at radius 1 is 1.22 bits per heavy atom. The molecule has 0 amide bonds. The van der Waals surface area contributed by atoms with Gasteiger partial charge in [-0.1, -0.05) is 43.1 Å². The fraction of sp³-hybridized carbons (Fsp3) is 0.765. The monoisotopic (exact) mass is 250 g/mol. The molecule has 0 heterocycles. The van der Waals surface area contributed by atoms with Crippen molar-refractivity contribution in [2.45, 2.75) is 67.9 Å². The third kappa shape index (κ3) is 2.56. The molecule has 1 rings (SSSR count). The number of rotatable bonds is 3. The summed E-state index contributed by atoms with van der Waals surface area (Å²) in [7, 11) is 0. The number of hydrogen-bond donors (Lipinski definition) is 1. The zero-order valence-electron chi connectivity index (χ0n) is 13.4. The predicted molar refractivity (Wildman–Crippen MR) is 79.5 cm³/mol. The van der Waals surface area contributed by atoms with Crippen molar-refractivity contribution in [1.82, 2.24) is 0 Å². The molecule has 1 heteroatoms. The van der Waals surface area contributed by atoms with Gasteiger partial charge in [-0.15, -0.1) is 0 Å². The molecule has 0 radical (unpaired) electrons. The van der Waals surface area contributed by atoms with Gasteiger partial charge in [-0.3, -0.25) is 0 Å². The zero-order valence-corrected chi connectivity index (χ0v) is 13.4. The van der Waals surface area contributed by atoms with Crippen LogP contribution in [0.4, 0.5) is 0 Å². The summed E-state index contributed by atoms with van der Waals surface area (Å²) < 4.78 is 0. The minimum Gasteiger partial charge on any atom is -0.393 e. The molecule has 0 aromatic heterocycles. The van der Waals surface area contributed by atoms with Crippen molar-refractivity contribution in [2.24, 2.45) is 17.3 Å². The number of aliphatic hydroxyl groups excluding tert-OH is 1. The van der Waals surface area contributed by atoms with Gasteiger partial charge in [0.25, 0.3) is 0 Å². The van der Waals surface area contributed by atoms with Crippen molar-refractivity contribution in [1.29, 1.82) is 0 Å². The van der Waals surface area contributed by atoms with Crippen molar-refractivity contribution in [3.05, 3.63) is 22.3 Å². The van der Waals surface area contributed by atoms with E-state index in [-0.39, 0.29) is 17.4 Å². The minimum absolute atomic E-state index is 0.252. The molecule has 1 N–H and O–H groups in total. The van der Waals surface area contributed by atoms with E-state index in [2.05, 4.69) is 48.5 Å². The molecule has 0 spiro atoms. The van der Waals surface area contributed by atoms with Gasteiger partial charge in [0.1, 0.15) is 0 Å². The summed E-state index contributed by atoms with van der Waals surface area (Å²) in [4.78, 5) is 0. The summed E-state index contributed by atoms with van der Waals surface area (Å²) in [6.07, 6.45) is 0.911. The van der Waals surface area contributed by atoms with Gasteiger partial charge >= 0.3 is 0 Å². The maximum absolute atomic E-state index is 9.77. The van der Waals surface area contributed by atoms with Crippen LogP contribution in [0.25, 0.3) is 0 Å². The highest BCUT2D eigenvalue weighted by Gasteiger charge is 2.39. The molecular weight excluding hydrogens is 220 g/mol. The van der Waals surface area contributed by atoms with Gasteiger partial charge in [-0.25, -0.2) is 0 Å². The Balaban J connectivity index is 3.07. The van der Waals surface area contributed by atoms with Crippen molar-refractivity contribution >= 4 is 0 Å². The maximum atomic E-state index is 9.77. The largest absolute Gasteiger partial charge is 0.393 e. The molecule has 3 unspecified atom stereocenters. The van der Waals surface area contributed by atoms with E-state index in [1.807, 2.05) is 6.92 Å². The number of hydrogen-bond acceptors (Lipinski definition) is 1. The summed E-state index contributed by atoms with van der Waals surface area (Å²) in [6.45, 7) is 17.7. The average molecular weight is 250 g/mol. The van der Waals surface area contributed by atoms with Crippen molar-refractivity contribution < 1.29 is 5.11 Å². The highest BCUT2D eigenvalue weighted by atomic mass is 16.3. The lowest BCUT2D eigenvalue weighted by Crippen LogP contribution is -2.24. The zero-order chi connectivity index (χ0) is 14.2. The molecular formula is C17H30O. The number of allylic oxidation sites excluding steroid dienone is 3. The Bertz CT molecular complexity index is 382. The normalized spacial score (nSPS) is 28.2. The lowest BCUT2D eigenvalue weighted by atomic mass is 9.72. The Morgan fingerprint density at radius 2 is 1.72 bits per heavy atom. The first-order chi connectivity index (χ1) is 8.10. The first-order valence-corrected chi connectivity index (χ1v) is 7.12. The lowest BCUT2D eigenvalue weighted by molar-refractivity contribution is 0.150. The SMILES string of the molecule is CC1=C(C)C(C)(C)C(C(C)=C(C)C(C)C(C)O)C1. The first kappa shape index (κ1) is 15.5. The second-order valence-electron chi connectivity index (χ2n) is 6.78. The molecule has 1 aliphatic rings. The van der Waals surface area contributed by atoms with Crippen LogP contribution in [0.3, 0.4) is 0 Å². The average Bonchev–Trinajstić information content (AvgIpc) is 2.49. The molecule has 0 bridgehead atoms. The van der Waals surface area contributed by atoms with Gasteiger partial charge in [0, 0.05) is 5.92 Å². The van der Waals surface area contributed by atoms with E-state index in [4.69, 9.17) is 0 Å². The van der Waals surface area contributed by atoms with Crippen LogP contribution in [-0.4, -0.2) is 11.2 Å². The smallest absolute Gasteiger partial charge is 0.0574 e. The van der Waals surface area contributed by atoms with Gasteiger partial charge in [0.2, 0.25) is 0 Å². The third-order valence-corrected chi connectivity index (χ3v) is 5.54. The molecule has 0 saturated heterocycles. The molecule has 1 nitrogen and oxygen atoms in total. The Kier molecular flexibility index (Phi) is 4.48. The van der Waals surface area contributed by atoms with E-state index >= 15 is 0 Å². The Morgan fingerprint density at radius 3 is 2.06 bits per heavy atom. The number of aliphatic hydroxyl groups is 1. The van der Waals surface area contributed by atoms with E-state index in [1.165, 1.54) is 17.6 Å². The second-order valence-corrected chi connectivity index (χ2v) is 6.78. The van der Waals surface area contributed by atoms with Gasteiger partial charge in [0.15, 0.2) is 0 Å². The van der Waals surface area contributed by atoms with E-state index < -0.39 is 0 Å². The molecule has 104 valence electrons. The fourth-order valence-electron chi connectivity index (χ4n) is 3.22. The van der Waals surface area contributed by atoms with E-state index in [0.717, 1.165) is 0 Å². The van der Waals surface area contributed by atoms with Crippen molar-refractivity contribution in [3.63, 3.8) is 0 Å². The van der Waals surface area contributed by atoms with Gasteiger partial charge in [-0.2, -0.15) is 0 Å². The molecule has 18 heavy (non-hydrogen) atoms. The van der Waals surface area contributed by atoms with Gasteiger partial charge in [-0.05, 0) is 52.4 Å². The van der Waals surface area contributed by atoms with Crippen LogP contribution in [0.15, 0.2) is 22.3 Å². The van der Waals surface area contributed by atoms with E-state index in [9.17, 15) is 5.11 Å². The molecule has 0 aromatic rings. The summed E-state index contributed by atoms with van der Waals surface area (Å²) in [5.41, 5.74) is 6.19. The Labute approximate surface area is 113 Å². The molecule has 0 fully saturated rings. The summed E-state index contributed by atoms with van der Waals surface area (Å²) in [5.74, 6) is 0.848. The minimum atomic E-state index is -0.264. The van der Waals surface area contributed by atoms with Gasteiger partial charge < -0.3 is 5.11 Å². The lowest BCUT2D eigenvalue weighted by Gasteiger charge is -2.33. The molecule has 1 aliphatic carbocycles. The van der Waals surface area contributed by atoms with Crippen LogP contribution < -0.4 is 0 Å². The van der Waals surface area contributed by atoms with Crippen LogP contribution in [0, 0.1) is 17.3 Å². The van der Waals surface area contributed by atoms with Crippen LogP contribution in [0.5, 0.6) is 0 Å². The highest BCUT2D eigenvalue weighted by Crippen LogP contribution is 2.50. The van der Waals surface area contributed by atoms with Crippen LogP contribution in [0.1, 0.15) is 61.8 Å². The molecule has 0 aliphatic heterocycles. The first-order valence-electron chi connectivity index (χ1n) is 7.12. The second kappa shape index (κ2) is 5.21. The summed E-state index contributed by atoms with van der Waals surface area (Å²) in [6, 6.07) is 0. The van der Waals surface area contributed by atoms with Gasteiger partial charge in [0.05, 0.1) is 6.10 Å². The van der Waals surface area contributed by atoms with E-state index in [0.29, 0.717) is 5.92 Å². The van der Waals surface area contributed by atoms with Crippen LogP contribution >= 0.6 is 0 Å². The standard InChI is InChI=1S/C17H30O/c1-10-9-16(17(7,8)14(10)5)13(4)11(2)12(3)15(6)18/h12,15-16,18H,9H2,1-8H3. The van der Waals surface area contributed by atoms with E-state index in [1.54, 1.807) is 11.1 Å². The maximum Gasteiger partial charge on any atom is 0.0574 e. The Hall–Kier alpha value is -0.560. The van der Waals surface area contributed by atoms with Crippen LogP contribution in [0.2, 0.25) is 0 Å². The van der Waals surface area contributed by atoms with Crippen molar-refractivity contribution in [2.75, 3.05) is 0 Å². The summed E-state index contributed by atoms with van der Waals surface area (Å²) in [5, 5.41) is 9.77. The predicted octanol–water partition coefficient (Wildman–Crippen LogP) is 4.72. The quantitative estimate of drug-likeness (QED) is 0.718. The molecule has 0 saturated carbocycles. The third-order valence-electron chi connectivity index (χ3n) is 5.54. The summed E-state index contributed by atoms with van der Waals surface area (Å²) >= 11 is 0.